The minimum absolute atomic E-state index is 0.152. The van der Waals surface area contributed by atoms with Crippen LogP contribution in [0.1, 0.15) is 36.6 Å². The molecule has 0 spiro atoms. The van der Waals surface area contributed by atoms with Crippen molar-refractivity contribution < 1.29 is 26.4 Å². The van der Waals surface area contributed by atoms with Gasteiger partial charge in [-0.2, -0.15) is 18.3 Å². The first kappa shape index (κ1) is 23.5. The van der Waals surface area contributed by atoms with E-state index in [1.54, 1.807) is 24.7 Å². The highest BCUT2D eigenvalue weighted by Crippen LogP contribution is 2.32. The molecule has 3 rings (SSSR count). The lowest BCUT2D eigenvalue weighted by molar-refractivity contribution is -0.137. The molecule has 0 aliphatic carbocycles. The Morgan fingerprint density at radius 1 is 1.31 bits per heavy atom. The summed E-state index contributed by atoms with van der Waals surface area (Å²) in [7, 11) is -2.09. The number of aromatic nitrogens is 4. The van der Waals surface area contributed by atoms with Crippen LogP contribution in [0.15, 0.2) is 30.6 Å². The minimum atomic E-state index is -4.51. The van der Waals surface area contributed by atoms with Gasteiger partial charge in [-0.05, 0) is 31.6 Å². The molecule has 3 heterocycles. The van der Waals surface area contributed by atoms with E-state index in [0.717, 1.165) is 18.3 Å². The molecule has 3 aromatic rings. The summed E-state index contributed by atoms with van der Waals surface area (Å²) in [5.41, 5.74) is 0.453. The molecule has 0 aliphatic rings. The average Bonchev–Trinajstić information content (AvgIpc) is 3.22. The third kappa shape index (κ3) is 5.01. The number of sulfonamides is 1. The first-order valence-electron chi connectivity index (χ1n) is 9.73. The summed E-state index contributed by atoms with van der Waals surface area (Å²) in [4.78, 5) is 16.1. The molecular formula is C20H22F3N5O3S. The zero-order valence-electron chi connectivity index (χ0n) is 17.6. The summed E-state index contributed by atoms with van der Waals surface area (Å²) in [5.74, 6) is -0.496. The molecule has 0 unspecified atom stereocenters. The number of carbonyl (C=O) groups excluding carboxylic acids is 1. The summed E-state index contributed by atoms with van der Waals surface area (Å²) in [6.45, 7) is 3.54. The lowest BCUT2D eigenvalue weighted by Crippen LogP contribution is -2.31. The first-order chi connectivity index (χ1) is 14.9. The number of carbonyl (C=O) groups is 1. The van der Waals surface area contributed by atoms with E-state index in [-0.39, 0.29) is 16.8 Å². The number of aryl methyl sites for hydroxylation is 2. The monoisotopic (exact) mass is 469 g/mol. The second-order valence-corrected chi connectivity index (χ2v) is 9.08. The lowest BCUT2D eigenvalue weighted by atomic mass is 10.2. The highest BCUT2D eigenvalue weighted by Gasteiger charge is 2.31. The number of nitrogens with zero attached hydrogens (tertiary/aromatic N) is 4. The molecule has 0 saturated heterocycles. The number of hydrogen-bond acceptors (Lipinski definition) is 5. The predicted octanol–water partition coefficient (Wildman–Crippen LogP) is 3.35. The summed E-state index contributed by atoms with van der Waals surface area (Å²) in [6.07, 6.45) is 1.41. The molecule has 0 bridgehead atoms. The maximum absolute atomic E-state index is 13.0. The van der Waals surface area contributed by atoms with E-state index in [0.29, 0.717) is 29.9 Å². The smallest absolute Gasteiger partial charge is 0.285 e. The van der Waals surface area contributed by atoms with Gasteiger partial charge in [0.1, 0.15) is 11.5 Å². The highest BCUT2D eigenvalue weighted by molar-refractivity contribution is 7.90. The van der Waals surface area contributed by atoms with E-state index in [2.05, 4.69) is 10.1 Å². The van der Waals surface area contributed by atoms with Crippen LogP contribution in [0.4, 0.5) is 13.2 Å². The summed E-state index contributed by atoms with van der Waals surface area (Å²) < 4.78 is 67.8. The fourth-order valence-electron chi connectivity index (χ4n) is 3.22. The van der Waals surface area contributed by atoms with Gasteiger partial charge in [0, 0.05) is 36.5 Å². The van der Waals surface area contributed by atoms with Gasteiger partial charge in [-0.1, -0.05) is 13.3 Å². The molecule has 1 N–H and O–H groups in total. The van der Waals surface area contributed by atoms with Crippen molar-refractivity contribution in [2.75, 3.05) is 5.75 Å². The molecule has 1 amide bonds. The maximum Gasteiger partial charge on any atom is 0.417 e. The van der Waals surface area contributed by atoms with Crippen LogP contribution in [0.25, 0.3) is 22.9 Å². The van der Waals surface area contributed by atoms with Crippen molar-refractivity contribution in [2.45, 2.75) is 32.9 Å². The van der Waals surface area contributed by atoms with E-state index in [4.69, 9.17) is 0 Å². The zero-order valence-corrected chi connectivity index (χ0v) is 18.5. The van der Waals surface area contributed by atoms with Crippen LogP contribution in [0, 0.1) is 6.92 Å². The number of fused-ring (bicyclic) bond motifs is 1. The Hall–Kier alpha value is -3.15. The van der Waals surface area contributed by atoms with Crippen molar-refractivity contribution in [1.82, 2.24) is 24.1 Å². The minimum Gasteiger partial charge on any atom is -0.285 e. The molecule has 12 heteroatoms. The van der Waals surface area contributed by atoms with Gasteiger partial charge in [0.15, 0.2) is 0 Å². The third-order valence-electron chi connectivity index (χ3n) is 4.74. The third-order valence-corrected chi connectivity index (χ3v) is 6.08. The molecule has 0 atom stereocenters. The Morgan fingerprint density at radius 2 is 2.03 bits per heavy atom. The van der Waals surface area contributed by atoms with Crippen LogP contribution >= 0.6 is 0 Å². The molecule has 3 aromatic heterocycles. The van der Waals surface area contributed by atoms with E-state index < -0.39 is 27.7 Å². The Labute approximate surface area is 182 Å². The molecule has 0 saturated carbocycles. The Kier molecular flexibility index (Phi) is 6.44. The van der Waals surface area contributed by atoms with Gasteiger partial charge < -0.3 is 0 Å². The second kappa shape index (κ2) is 8.77. The van der Waals surface area contributed by atoms with E-state index in [1.807, 2.05) is 11.6 Å². The van der Waals surface area contributed by atoms with Gasteiger partial charge in [-0.3, -0.25) is 14.0 Å². The summed E-state index contributed by atoms with van der Waals surface area (Å²) >= 11 is 0. The fourth-order valence-corrected chi connectivity index (χ4v) is 4.37. The van der Waals surface area contributed by atoms with E-state index in [1.165, 1.54) is 16.8 Å². The molecule has 0 aliphatic heterocycles. The number of nitrogens with one attached hydrogen (secondary N) is 1. The first-order valence-corrected chi connectivity index (χ1v) is 11.4. The Morgan fingerprint density at radius 3 is 2.69 bits per heavy atom. The van der Waals surface area contributed by atoms with Crippen molar-refractivity contribution in [3.05, 3.63) is 47.4 Å². The van der Waals surface area contributed by atoms with Gasteiger partial charge >= 0.3 is 6.18 Å². The lowest BCUT2D eigenvalue weighted by Gasteiger charge is -2.09. The van der Waals surface area contributed by atoms with Crippen LogP contribution in [-0.4, -0.2) is 39.4 Å². The number of alkyl halides is 3. The van der Waals surface area contributed by atoms with E-state index >= 15 is 0 Å². The number of hydrogen-bond donors (Lipinski definition) is 1. The standard InChI is InChI=1S/C20H22F3N5O3S/c1-4-5-10-32(30,31)26-17(29)7-6-16-13(2)25-27(3)19(16)28-9-8-14-11-15(20(21,22)23)12-24-18(14)28/h6-9,11-12H,4-5,10H2,1-3H3,(H,26,29)/b7-6+. The Balaban J connectivity index is 1.96. The van der Waals surface area contributed by atoms with Crippen molar-refractivity contribution in [1.29, 1.82) is 0 Å². The summed E-state index contributed by atoms with van der Waals surface area (Å²) in [6, 6.07) is 2.51. The average molecular weight is 469 g/mol. The number of rotatable bonds is 7. The van der Waals surface area contributed by atoms with Gasteiger partial charge in [0.25, 0.3) is 5.91 Å². The Bertz CT molecular complexity index is 1290. The van der Waals surface area contributed by atoms with E-state index in [9.17, 15) is 26.4 Å². The number of amides is 1. The topological polar surface area (TPSA) is 98.9 Å². The van der Waals surface area contributed by atoms with Gasteiger partial charge in [0.05, 0.1) is 17.0 Å². The van der Waals surface area contributed by atoms with Crippen molar-refractivity contribution >= 4 is 33.0 Å². The van der Waals surface area contributed by atoms with Crippen LogP contribution in [-0.2, 0) is 28.0 Å². The number of unbranched alkanes of at least 4 members (excludes halogenated alkanes) is 1. The van der Waals surface area contributed by atoms with Crippen LogP contribution in [0.2, 0.25) is 0 Å². The normalized spacial score (nSPS) is 12.7. The largest absolute Gasteiger partial charge is 0.417 e. The number of halogens is 3. The second-order valence-electron chi connectivity index (χ2n) is 7.24. The quantitative estimate of drug-likeness (QED) is 0.535. The van der Waals surface area contributed by atoms with Gasteiger partial charge in [-0.25, -0.2) is 18.1 Å². The predicted molar refractivity (Wildman–Crippen MR) is 113 cm³/mol. The molecule has 0 aromatic carbocycles. The molecule has 172 valence electrons. The molecule has 32 heavy (non-hydrogen) atoms. The maximum atomic E-state index is 13.0. The van der Waals surface area contributed by atoms with Crippen LogP contribution < -0.4 is 4.72 Å². The number of pyridine rings is 1. The highest BCUT2D eigenvalue weighted by atomic mass is 32.2. The fraction of sp³-hybridized carbons (Fsp3) is 0.350. The molecular weight excluding hydrogens is 447 g/mol. The van der Waals surface area contributed by atoms with Crippen molar-refractivity contribution in [3.8, 4) is 5.82 Å². The van der Waals surface area contributed by atoms with Crippen LogP contribution in [0.5, 0.6) is 0 Å². The molecule has 8 nitrogen and oxygen atoms in total. The van der Waals surface area contributed by atoms with Gasteiger partial charge in [0.2, 0.25) is 10.0 Å². The van der Waals surface area contributed by atoms with Crippen molar-refractivity contribution in [2.24, 2.45) is 7.05 Å². The SMILES string of the molecule is CCCCS(=O)(=O)NC(=O)/C=C/c1c(C)nn(C)c1-n1ccc2cc(C(F)(F)F)cnc21. The zero-order chi connectivity index (χ0) is 23.7. The molecule has 0 fully saturated rings. The van der Waals surface area contributed by atoms with Crippen molar-refractivity contribution in [3.63, 3.8) is 0 Å². The molecule has 0 radical (unpaired) electrons. The summed E-state index contributed by atoms with van der Waals surface area (Å²) in [5, 5.41) is 4.60. The van der Waals surface area contributed by atoms with Gasteiger partial charge in [-0.15, -0.1) is 0 Å². The van der Waals surface area contributed by atoms with Crippen LogP contribution in [0.3, 0.4) is 0 Å².